The highest BCUT2D eigenvalue weighted by molar-refractivity contribution is 6.02. The molecule has 0 fully saturated rings. The van der Waals surface area contributed by atoms with Crippen LogP contribution in [-0.4, -0.2) is 22.6 Å². The third-order valence-electron chi connectivity index (χ3n) is 2.86. The van der Waals surface area contributed by atoms with Crippen LogP contribution in [0.25, 0.3) is 10.9 Å². The maximum atomic E-state index is 12.0. The normalized spacial score (nSPS) is 11.7. The Morgan fingerprint density at radius 2 is 2.29 bits per heavy atom. The minimum atomic E-state index is -0.577. The SMILES string of the molecule is CC(C)(CN)C(=O)Nc1cccc2[nH]ncc12. The molecule has 17 heavy (non-hydrogen) atoms. The predicted octanol–water partition coefficient (Wildman–Crippen LogP) is 1.49. The summed E-state index contributed by atoms with van der Waals surface area (Å²) >= 11 is 0. The number of rotatable bonds is 3. The average molecular weight is 232 g/mol. The number of carbonyl (C=O) groups excluding carboxylic acids is 1. The summed E-state index contributed by atoms with van der Waals surface area (Å²) in [6.07, 6.45) is 1.69. The van der Waals surface area contributed by atoms with Crippen molar-refractivity contribution < 1.29 is 4.79 Å². The molecule has 0 spiro atoms. The molecule has 0 radical (unpaired) electrons. The fourth-order valence-corrected chi connectivity index (χ4v) is 1.46. The molecule has 2 aromatic rings. The van der Waals surface area contributed by atoms with Crippen LogP contribution in [0.4, 0.5) is 5.69 Å². The number of aromatic amines is 1. The lowest BCUT2D eigenvalue weighted by molar-refractivity contribution is -0.123. The number of nitrogens with one attached hydrogen (secondary N) is 2. The largest absolute Gasteiger partial charge is 0.329 e. The molecular formula is C12H16N4O. The summed E-state index contributed by atoms with van der Waals surface area (Å²) < 4.78 is 0. The van der Waals surface area contributed by atoms with Gasteiger partial charge in [-0.05, 0) is 26.0 Å². The van der Waals surface area contributed by atoms with Crippen LogP contribution in [0.1, 0.15) is 13.8 Å². The van der Waals surface area contributed by atoms with Gasteiger partial charge in [-0.3, -0.25) is 9.89 Å². The van der Waals surface area contributed by atoms with Gasteiger partial charge >= 0.3 is 0 Å². The van der Waals surface area contributed by atoms with Gasteiger partial charge in [-0.2, -0.15) is 5.10 Å². The van der Waals surface area contributed by atoms with Crippen LogP contribution < -0.4 is 11.1 Å². The fraction of sp³-hybridized carbons (Fsp3) is 0.333. The Labute approximate surface area is 99.4 Å². The molecule has 1 aromatic heterocycles. The van der Waals surface area contributed by atoms with E-state index >= 15 is 0 Å². The summed E-state index contributed by atoms with van der Waals surface area (Å²) in [5.41, 5.74) is 6.65. The number of benzene rings is 1. The zero-order chi connectivity index (χ0) is 12.5. The monoisotopic (exact) mass is 232 g/mol. The summed E-state index contributed by atoms with van der Waals surface area (Å²) in [6.45, 7) is 3.94. The molecule has 5 nitrogen and oxygen atoms in total. The minimum absolute atomic E-state index is 0.0892. The van der Waals surface area contributed by atoms with Crippen LogP contribution in [0.15, 0.2) is 24.4 Å². The van der Waals surface area contributed by atoms with E-state index in [-0.39, 0.29) is 5.91 Å². The van der Waals surface area contributed by atoms with Crippen LogP contribution in [0.5, 0.6) is 0 Å². The maximum absolute atomic E-state index is 12.0. The van der Waals surface area contributed by atoms with Crippen LogP contribution in [0.3, 0.4) is 0 Å². The Morgan fingerprint density at radius 1 is 1.53 bits per heavy atom. The lowest BCUT2D eigenvalue weighted by Gasteiger charge is -2.21. The highest BCUT2D eigenvalue weighted by Crippen LogP contribution is 2.23. The molecule has 1 aromatic carbocycles. The van der Waals surface area contributed by atoms with Gasteiger partial charge in [0, 0.05) is 11.9 Å². The quantitative estimate of drug-likeness (QED) is 0.749. The Hall–Kier alpha value is -1.88. The summed E-state index contributed by atoms with van der Waals surface area (Å²) in [4.78, 5) is 12.0. The smallest absolute Gasteiger partial charge is 0.231 e. The molecule has 5 heteroatoms. The van der Waals surface area contributed by atoms with E-state index in [0.717, 1.165) is 16.6 Å². The first kappa shape index (κ1) is 11.6. The minimum Gasteiger partial charge on any atom is -0.329 e. The highest BCUT2D eigenvalue weighted by atomic mass is 16.2. The Bertz CT molecular complexity index is 544. The summed E-state index contributed by atoms with van der Waals surface area (Å²) in [5.74, 6) is -0.0892. The molecule has 0 aliphatic carbocycles. The highest BCUT2D eigenvalue weighted by Gasteiger charge is 2.26. The van der Waals surface area contributed by atoms with Crippen molar-refractivity contribution in [3.05, 3.63) is 24.4 Å². The Morgan fingerprint density at radius 3 is 3.00 bits per heavy atom. The number of hydrogen-bond donors (Lipinski definition) is 3. The molecule has 4 N–H and O–H groups in total. The van der Waals surface area contributed by atoms with E-state index in [1.165, 1.54) is 0 Å². The zero-order valence-corrected chi connectivity index (χ0v) is 9.95. The second-order valence-electron chi connectivity index (χ2n) is 4.68. The second-order valence-corrected chi connectivity index (χ2v) is 4.68. The van der Waals surface area contributed by atoms with Crippen molar-refractivity contribution in [2.24, 2.45) is 11.1 Å². The fourth-order valence-electron chi connectivity index (χ4n) is 1.46. The number of carbonyl (C=O) groups is 1. The molecule has 1 amide bonds. The molecule has 0 aliphatic rings. The third kappa shape index (κ3) is 2.14. The lowest BCUT2D eigenvalue weighted by Crippen LogP contribution is -2.37. The van der Waals surface area contributed by atoms with E-state index in [4.69, 9.17) is 5.73 Å². The number of amides is 1. The van der Waals surface area contributed by atoms with Gasteiger partial charge in [0.25, 0.3) is 0 Å². The molecule has 0 unspecified atom stereocenters. The first-order valence-corrected chi connectivity index (χ1v) is 5.48. The van der Waals surface area contributed by atoms with Gasteiger partial charge in [-0.25, -0.2) is 0 Å². The van der Waals surface area contributed by atoms with Gasteiger partial charge in [0.05, 0.1) is 22.8 Å². The zero-order valence-electron chi connectivity index (χ0n) is 9.95. The van der Waals surface area contributed by atoms with Gasteiger partial charge in [-0.1, -0.05) is 6.07 Å². The van der Waals surface area contributed by atoms with E-state index in [9.17, 15) is 4.79 Å². The molecule has 0 aliphatic heterocycles. The summed E-state index contributed by atoms with van der Waals surface area (Å²) in [7, 11) is 0. The molecule has 0 bridgehead atoms. The van der Waals surface area contributed by atoms with Crippen molar-refractivity contribution in [2.75, 3.05) is 11.9 Å². The summed E-state index contributed by atoms with van der Waals surface area (Å²) in [5, 5.41) is 10.6. The number of nitrogens with two attached hydrogens (primary N) is 1. The van der Waals surface area contributed by atoms with Gasteiger partial charge in [0.1, 0.15) is 0 Å². The van der Waals surface area contributed by atoms with Crippen molar-refractivity contribution in [1.82, 2.24) is 10.2 Å². The second kappa shape index (κ2) is 4.18. The van der Waals surface area contributed by atoms with Crippen LogP contribution in [0, 0.1) is 5.41 Å². The van der Waals surface area contributed by atoms with Crippen LogP contribution in [-0.2, 0) is 4.79 Å². The molecule has 0 saturated heterocycles. The maximum Gasteiger partial charge on any atom is 0.231 e. The number of H-pyrrole nitrogens is 1. The van der Waals surface area contributed by atoms with Crippen LogP contribution >= 0.6 is 0 Å². The first-order chi connectivity index (χ1) is 8.04. The Balaban J connectivity index is 2.30. The van der Waals surface area contributed by atoms with E-state index in [2.05, 4.69) is 15.5 Å². The van der Waals surface area contributed by atoms with Gasteiger partial charge in [0.15, 0.2) is 0 Å². The van der Waals surface area contributed by atoms with E-state index in [0.29, 0.717) is 6.54 Å². The molecular weight excluding hydrogens is 216 g/mol. The number of nitrogens with zero attached hydrogens (tertiary/aromatic N) is 1. The van der Waals surface area contributed by atoms with Crippen LogP contribution in [0.2, 0.25) is 0 Å². The van der Waals surface area contributed by atoms with Crippen molar-refractivity contribution in [3.8, 4) is 0 Å². The van der Waals surface area contributed by atoms with Crippen molar-refractivity contribution in [2.45, 2.75) is 13.8 Å². The van der Waals surface area contributed by atoms with Crippen molar-refractivity contribution in [1.29, 1.82) is 0 Å². The van der Waals surface area contributed by atoms with Gasteiger partial charge in [0.2, 0.25) is 5.91 Å². The van der Waals surface area contributed by atoms with Gasteiger partial charge in [-0.15, -0.1) is 0 Å². The number of fused-ring (bicyclic) bond motifs is 1. The summed E-state index contributed by atoms with van der Waals surface area (Å²) in [6, 6.07) is 5.62. The predicted molar refractivity (Wildman–Crippen MR) is 67.6 cm³/mol. The average Bonchev–Trinajstić information content (AvgIpc) is 2.78. The van der Waals surface area contributed by atoms with Crippen molar-refractivity contribution >= 4 is 22.5 Å². The van der Waals surface area contributed by atoms with Crippen molar-refractivity contribution in [3.63, 3.8) is 0 Å². The number of aromatic nitrogens is 2. The van der Waals surface area contributed by atoms with E-state index in [1.54, 1.807) is 6.20 Å². The Kier molecular flexibility index (Phi) is 2.85. The number of hydrogen-bond acceptors (Lipinski definition) is 3. The lowest BCUT2D eigenvalue weighted by atomic mass is 9.92. The first-order valence-electron chi connectivity index (χ1n) is 5.48. The van der Waals surface area contributed by atoms with E-state index in [1.807, 2.05) is 32.0 Å². The standard InChI is InChI=1S/C12H16N4O/c1-12(2,7-13)11(17)15-9-4-3-5-10-8(9)6-14-16-10/h3-6H,7,13H2,1-2H3,(H,14,16)(H,15,17). The molecule has 2 rings (SSSR count). The topological polar surface area (TPSA) is 83.8 Å². The van der Waals surface area contributed by atoms with Gasteiger partial charge < -0.3 is 11.1 Å². The number of anilines is 1. The molecule has 0 atom stereocenters. The molecule has 0 saturated carbocycles. The third-order valence-corrected chi connectivity index (χ3v) is 2.86. The molecule has 1 heterocycles. The van der Waals surface area contributed by atoms with E-state index < -0.39 is 5.41 Å². The molecule has 90 valence electrons.